The number of aromatic hydroxyl groups is 4. The van der Waals surface area contributed by atoms with Crippen LogP contribution >= 0.6 is 0 Å². The van der Waals surface area contributed by atoms with Crippen LogP contribution in [0.3, 0.4) is 0 Å². The number of carbonyl (C=O) groups excluding carboxylic acids is 1. The quantitative estimate of drug-likeness (QED) is 0.267. The third kappa shape index (κ3) is 3.87. The summed E-state index contributed by atoms with van der Waals surface area (Å²) < 4.78 is 16.5. The lowest BCUT2D eigenvalue weighted by atomic mass is 9.92. The molecule has 2 aromatic rings. The molecular formula is C21H22O12. The van der Waals surface area contributed by atoms with Crippen molar-refractivity contribution in [2.75, 3.05) is 0 Å². The van der Waals surface area contributed by atoms with Crippen LogP contribution in [0.15, 0.2) is 24.3 Å². The van der Waals surface area contributed by atoms with Crippen molar-refractivity contribution in [1.82, 2.24) is 0 Å². The first-order valence-electron chi connectivity index (χ1n) is 9.86. The van der Waals surface area contributed by atoms with Crippen molar-refractivity contribution in [1.29, 1.82) is 0 Å². The summed E-state index contributed by atoms with van der Waals surface area (Å²) >= 11 is 0. The molecule has 2 aliphatic rings. The number of benzene rings is 2. The van der Waals surface area contributed by atoms with E-state index < -0.39 is 71.7 Å². The van der Waals surface area contributed by atoms with Crippen LogP contribution in [0.25, 0.3) is 0 Å². The standard InChI is InChI=1S/C21H22O12/c1-6-14(25)17(28)19(30)21(31-6)32-8-4-9(22)13-12(5-8)33-20(18(29)16(13)27)7-2-10(23)15(26)11(24)3-7/h2-6,14,17-26,28-30H,1H3/t6-,14-,17+,18?,19+,20?,21-/m0/s1. The van der Waals surface area contributed by atoms with E-state index in [-0.39, 0.29) is 22.6 Å². The predicted octanol–water partition coefficient (Wildman–Crippen LogP) is -0.607. The topological polar surface area (TPSA) is 207 Å². The number of carbonyl (C=O) groups is 1. The van der Waals surface area contributed by atoms with Gasteiger partial charge in [-0.1, -0.05) is 0 Å². The van der Waals surface area contributed by atoms with Gasteiger partial charge in [0.2, 0.25) is 12.1 Å². The fourth-order valence-electron chi connectivity index (χ4n) is 3.76. The molecular weight excluding hydrogens is 444 g/mol. The zero-order valence-electron chi connectivity index (χ0n) is 17.1. The number of ketones is 1. The number of hydrogen-bond acceptors (Lipinski definition) is 12. The van der Waals surface area contributed by atoms with Crippen LogP contribution in [0.2, 0.25) is 0 Å². The third-order valence-electron chi connectivity index (χ3n) is 5.59. The number of fused-ring (bicyclic) bond motifs is 1. The van der Waals surface area contributed by atoms with Crippen LogP contribution in [0, 0.1) is 0 Å². The van der Waals surface area contributed by atoms with Crippen molar-refractivity contribution in [3.05, 3.63) is 35.4 Å². The lowest BCUT2D eigenvalue weighted by molar-refractivity contribution is -0.268. The van der Waals surface area contributed by atoms with Crippen molar-refractivity contribution in [2.24, 2.45) is 0 Å². The zero-order chi connectivity index (χ0) is 24.2. The number of phenolic OH excluding ortho intramolecular Hbond substituents is 4. The molecule has 0 radical (unpaired) electrons. The van der Waals surface area contributed by atoms with Crippen molar-refractivity contribution in [3.8, 4) is 34.5 Å². The Labute approximate surface area is 186 Å². The molecule has 4 rings (SSSR count). The Morgan fingerprint density at radius 1 is 0.848 bits per heavy atom. The molecule has 0 amide bonds. The lowest BCUT2D eigenvalue weighted by Gasteiger charge is -2.39. The van der Waals surface area contributed by atoms with Crippen molar-refractivity contribution >= 4 is 5.78 Å². The monoisotopic (exact) mass is 466 g/mol. The number of hydrogen-bond donors (Lipinski definition) is 8. The normalized spacial score (nSPS) is 31.5. The highest BCUT2D eigenvalue weighted by atomic mass is 16.7. The Morgan fingerprint density at radius 2 is 1.48 bits per heavy atom. The Balaban J connectivity index is 1.66. The fraction of sp³-hybridized carbons (Fsp3) is 0.381. The molecule has 33 heavy (non-hydrogen) atoms. The third-order valence-corrected chi connectivity index (χ3v) is 5.59. The average molecular weight is 466 g/mol. The highest BCUT2D eigenvalue weighted by Gasteiger charge is 2.44. The van der Waals surface area contributed by atoms with E-state index in [1.165, 1.54) is 13.0 Å². The molecule has 1 saturated heterocycles. The van der Waals surface area contributed by atoms with E-state index >= 15 is 0 Å². The maximum absolute atomic E-state index is 12.7. The molecule has 0 spiro atoms. The maximum atomic E-state index is 12.7. The van der Waals surface area contributed by atoms with Gasteiger partial charge in [-0.05, 0) is 19.1 Å². The summed E-state index contributed by atoms with van der Waals surface area (Å²) in [5, 5.41) is 79.6. The van der Waals surface area contributed by atoms with Crippen molar-refractivity contribution in [2.45, 2.75) is 49.8 Å². The molecule has 12 nitrogen and oxygen atoms in total. The molecule has 12 heteroatoms. The smallest absolute Gasteiger partial charge is 0.229 e. The minimum absolute atomic E-state index is 0.0444. The summed E-state index contributed by atoms with van der Waals surface area (Å²) in [6.07, 6.45) is -10.1. The van der Waals surface area contributed by atoms with E-state index in [0.29, 0.717) is 0 Å². The molecule has 2 unspecified atom stereocenters. The van der Waals surface area contributed by atoms with E-state index in [4.69, 9.17) is 14.2 Å². The van der Waals surface area contributed by atoms with Gasteiger partial charge in [-0.2, -0.15) is 0 Å². The Kier molecular flexibility index (Phi) is 5.72. The van der Waals surface area contributed by atoms with Gasteiger partial charge in [-0.3, -0.25) is 4.79 Å². The van der Waals surface area contributed by atoms with Gasteiger partial charge in [0.1, 0.15) is 41.1 Å². The largest absolute Gasteiger partial charge is 0.507 e. The summed E-state index contributed by atoms with van der Waals surface area (Å²) in [4.78, 5) is 12.7. The molecule has 2 aromatic carbocycles. The number of rotatable bonds is 3. The van der Waals surface area contributed by atoms with Crippen LogP contribution in [0.5, 0.6) is 34.5 Å². The number of aliphatic hydroxyl groups is 4. The minimum Gasteiger partial charge on any atom is -0.507 e. The molecule has 7 atom stereocenters. The van der Waals surface area contributed by atoms with Gasteiger partial charge in [-0.15, -0.1) is 0 Å². The first-order valence-corrected chi connectivity index (χ1v) is 9.86. The van der Waals surface area contributed by atoms with Crippen LogP contribution in [0.1, 0.15) is 28.9 Å². The van der Waals surface area contributed by atoms with Crippen LogP contribution < -0.4 is 9.47 Å². The minimum atomic E-state index is -1.82. The van der Waals surface area contributed by atoms with E-state index in [2.05, 4.69) is 0 Å². The van der Waals surface area contributed by atoms with E-state index in [0.717, 1.165) is 18.2 Å². The first-order chi connectivity index (χ1) is 15.5. The molecule has 0 bridgehead atoms. The van der Waals surface area contributed by atoms with E-state index in [9.17, 15) is 45.6 Å². The maximum Gasteiger partial charge on any atom is 0.229 e. The lowest BCUT2D eigenvalue weighted by Crippen LogP contribution is -2.58. The summed E-state index contributed by atoms with van der Waals surface area (Å²) in [6, 6.07) is 4.16. The summed E-state index contributed by atoms with van der Waals surface area (Å²) in [5.74, 6) is -4.10. The number of Topliss-reactive ketones (excluding diaryl/α,β-unsaturated/α-hetero) is 1. The highest BCUT2D eigenvalue weighted by molar-refractivity contribution is 6.05. The van der Waals surface area contributed by atoms with Crippen molar-refractivity contribution in [3.63, 3.8) is 0 Å². The summed E-state index contributed by atoms with van der Waals surface area (Å²) in [7, 11) is 0. The SMILES string of the molecule is C[C@@H]1O[C@@H](Oc2cc(O)c3c(c2)OC(c2cc(O)c(O)c(O)c2)C(O)C3=O)[C@H](O)[C@H](O)[C@H]1O. The second kappa shape index (κ2) is 8.24. The molecule has 0 aliphatic carbocycles. The Morgan fingerprint density at radius 3 is 2.12 bits per heavy atom. The van der Waals surface area contributed by atoms with Crippen molar-refractivity contribution < 1.29 is 59.9 Å². The average Bonchev–Trinajstić information content (AvgIpc) is 2.76. The molecule has 8 N–H and O–H groups in total. The number of phenols is 4. The highest BCUT2D eigenvalue weighted by Crippen LogP contribution is 2.45. The van der Waals surface area contributed by atoms with Crippen LogP contribution in [0.4, 0.5) is 0 Å². The zero-order valence-corrected chi connectivity index (χ0v) is 17.1. The van der Waals surface area contributed by atoms with Crippen LogP contribution in [-0.4, -0.2) is 83.4 Å². The van der Waals surface area contributed by atoms with E-state index in [1.807, 2.05) is 0 Å². The predicted molar refractivity (Wildman–Crippen MR) is 106 cm³/mol. The molecule has 2 aliphatic heterocycles. The Hall–Kier alpha value is -3.29. The van der Waals surface area contributed by atoms with Gasteiger partial charge in [0.05, 0.1) is 6.10 Å². The van der Waals surface area contributed by atoms with Gasteiger partial charge in [0, 0.05) is 17.7 Å². The molecule has 1 fully saturated rings. The summed E-state index contributed by atoms with van der Waals surface area (Å²) in [6.45, 7) is 1.46. The van der Waals surface area contributed by atoms with Gasteiger partial charge >= 0.3 is 0 Å². The second-order valence-corrected chi connectivity index (χ2v) is 7.87. The fourth-order valence-corrected chi connectivity index (χ4v) is 3.76. The Bertz CT molecular complexity index is 1060. The number of ether oxygens (including phenoxy) is 3. The molecule has 0 aromatic heterocycles. The van der Waals surface area contributed by atoms with Gasteiger partial charge in [0.15, 0.2) is 29.5 Å². The van der Waals surface area contributed by atoms with E-state index in [1.54, 1.807) is 0 Å². The van der Waals surface area contributed by atoms with Gasteiger partial charge < -0.3 is 55.1 Å². The summed E-state index contributed by atoms with van der Waals surface area (Å²) in [5.41, 5.74) is -0.399. The molecule has 178 valence electrons. The first kappa shape index (κ1) is 22.9. The number of aliphatic hydroxyl groups excluding tert-OH is 4. The molecule has 0 saturated carbocycles. The second-order valence-electron chi connectivity index (χ2n) is 7.87. The molecule has 2 heterocycles. The van der Waals surface area contributed by atoms with Gasteiger partial charge in [0.25, 0.3) is 0 Å². The van der Waals surface area contributed by atoms with Crippen LogP contribution in [-0.2, 0) is 4.74 Å². The van der Waals surface area contributed by atoms with Gasteiger partial charge in [-0.25, -0.2) is 0 Å².